The summed E-state index contributed by atoms with van der Waals surface area (Å²) in [5.41, 5.74) is 9.17. The van der Waals surface area contributed by atoms with Gasteiger partial charge in [0.15, 0.2) is 5.84 Å². The molecular weight excluding hydrogens is 428 g/mol. The number of hydrazine groups is 1. The zero-order valence-corrected chi connectivity index (χ0v) is 18.6. The smallest absolute Gasteiger partial charge is 0.243 e. The standard InChI is InChI=1S/C17H30N8O3S2/c1-25(9-3-2-4-10-26)13-5-6-14(30(28)23-12-7-8-21-11-12)16(29(20)27)15(13)17(18)22-24-19/h5-6,10,12,21,23-24H,2-4,7-9,11,19-20H2,1H3,(H2,18,22)/t12-,29?,30?/m1/s1. The molecule has 1 fully saturated rings. The van der Waals surface area contributed by atoms with Gasteiger partial charge < -0.3 is 29.9 Å². The average molecular weight is 459 g/mol. The number of rotatable bonds is 12. The molecule has 0 spiro atoms. The predicted molar refractivity (Wildman–Crippen MR) is 119 cm³/mol. The zero-order chi connectivity index (χ0) is 22.1. The van der Waals surface area contributed by atoms with Crippen molar-refractivity contribution in [3.05, 3.63) is 17.7 Å². The number of hydrogen-bond donors (Lipinski definition) is 6. The van der Waals surface area contributed by atoms with Crippen LogP contribution in [0.2, 0.25) is 0 Å². The fraction of sp³-hybridized carbons (Fsp3) is 0.529. The molecule has 0 aromatic heterocycles. The van der Waals surface area contributed by atoms with Crippen molar-refractivity contribution in [1.29, 1.82) is 0 Å². The van der Waals surface area contributed by atoms with E-state index in [1.807, 2.05) is 11.9 Å². The number of unbranched alkanes of at least 4 members (excludes halogenated alkanes) is 2. The number of nitrogens with zero attached hydrogens (tertiary/aromatic N) is 2. The molecule has 1 aromatic carbocycles. The van der Waals surface area contributed by atoms with Gasteiger partial charge in [0.1, 0.15) is 11.8 Å². The summed E-state index contributed by atoms with van der Waals surface area (Å²) >= 11 is -3.63. The summed E-state index contributed by atoms with van der Waals surface area (Å²) in [4.78, 5) is 12.9. The van der Waals surface area contributed by atoms with Crippen LogP contribution in [0.4, 0.5) is 5.69 Å². The maximum atomic E-state index is 13.0. The van der Waals surface area contributed by atoms with Gasteiger partial charge in [-0.2, -0.15) is 0 Å². The first kappa shape index (κ1) is 24.7. The van der Waals surface area contributed by atoms with E-state index in [0.29, 0.717) is 30.8 Å². The number of anilines is 1. The Hall–Kier alpha value is -1.58. The fourth-order valence-corrected chi connectivity index (χ4v) is 5.50. The van der Waals surface area contributed by atoms with E-state index in [9.17, 15) is 13.9 Å². The number of carbonyl (C=O) groups is 1. The van der Waals surface area contributed by atoms with E-state index in [4.69, 9.17) is 16.7 Å². The number of aldehydes is 1. The molecule has 0 aliphatic carbocycles. The highest BCUT2D eigenvalue weighted by Gasteiger charge is 2.34. The van der Waals surface area contributed by atoms with Crippen molar-refractivity contribution < 1.29 is 13.9 Å². The van der Waals surface area contributed by atoms with Gasteiger partial charge in [-0.1, -0.05) is 0 Å². The van der Waals surface area contributed by atoms with Crippen molar-refractivity contribution in [2.75, 3.05) is 31.6 Å². The first-order valence-electron chi connectivity index (χ1n) is 9.56. The molecule has 0 radical (unpaired) electrons. The van der Waals surface area contributed by atoms with Crippen LogP contribution >= 0.6 is 0 Å². The molecular formula is C17H30N8O3S2. The molecule has 2 unspecified atom stereocenters. The van der Waals surface area contributed by atoms with Crippen LogP contribution < -0.4 is 37.2 Å². The molecule has 30 heavy (non-hydrogen) atoms. The molecule has 11 nitrogen and oxygen atoms in total. The van der Waals surface area contributed by atoms with Gasteiger partial charge in [0.25, 0.3) is 0 Å². The minimum Gasteiger partial charge on any atom is -0.593 e. The lowest BCUT2D eigenvalue weighted by Crippen LogP contribution is -2.38. The highest BCUT2D eigenvalue weighted by molar-refractivity contribution is 7.92. The summed E-state index contributed by atoms with van der Waals surface area (Å²) in [5, 5.41) is 12.8. The molecule has 3 atom stereocenters. The van der Waals surface area contributed by atoms with Gasteiger partial charge in [0.05, 0.1) is 34.5 Å². The quantitative estimate of drug-likeness (QED) is 0.0409. The summed E-state index contributed by atoms with van der Waals surface area (Å²) in [7, 11) is 1.84. The third kappa shape index (κ3) is 6.46. The van der Waals surface area contributed by atoms with E-state index in [0.717, 1.165) is 32.1 Å². The summed E-state index contributed by atoms with van der Waals surface area (Å²) < 4.78 is 28.5. The summed E-state index contributed by atoms with van der Waals surface area (Å²) in [6, 6.07) is 3.41. The Morgan fingerprint density at radius 2 is 2.20 bits per heavy atom. The van der Waals surface area contributed by atoms with E-state index in [1.165, 1.54) is 0 Å². The van der Waals surface area contributed by atoms with Crippen LogP contribution in [-0.2, 0) is 27.5 Å². The van der Waals surface area contributed by atoms with E-state index >= 15 is 0 Å². The second-order valence-corrected chi connectivity index (χ2v) is 9.09. The Bertz CT molecular complexity index is 731. The van der Waals surface area contributed by atoms with Crippen LogP contribution in [0, 0.1) is 0 Å². The van der Waals surface area contributed by atoms with Crippen LogP contribution in [0.3, 0.4) is 0 Å². The van der Waals surface area contributed by atoms with Crippen molar-refractivity contribution in [3.8, 4) is 0 Å². The second kappa shape index (κ2) is 12.3. The summed E-state index contributed by atoms with van der Waals surface area (Å²) in [6.07, 6.45) is 3.72. The first-order chi connectivity index (χ1) is 14.4. The molecule has 1 saturated heterocycles. The summed E-state index contributed by atoms with van der Waals surface area (Å²) in [5.74, 6) is 5.26. The minimum absolute atomic E-state index is 0.0255. The number of benzene rings is 1. The molecule has 0 bridgehead atoms. The van der Waals surface area contributed by atoms with E-state index in [2.05, 4.69) is 20.7 Å². The van der Waals surface area contributed by atoms with Crippen molar-refractivity contribution in [2.24, 2.45) is 21.8 Å². The van der Waals surface area contributed by atoms with E-state index in [-0.39, 0.29) is 21.7 Å². The molecule has 0 saturated carbocycles. The Morgan fingerprint density at radius 1 is 1.43 bits per heavy atom. The third-order valence-electron chi connectivity index (χ3n) is 4.75. The number of hydrazone groups is 1. The zero-order valence-electron chi connectivity index (χ0n) is 16.9. The van der Waals surface area contributed by atoms with Gasteiger partial charge in [0.2, 0.25) is 9.79 Å². The van der Waals surface area contributed by atoms with Crippen LogP contribution in [0.5, 0.6) is 0 Å². The molecule has 1 aromatic rings. The van der Waals surface area contributed by atoms with Crippen molar-refractivity contribution >= 4 is 40.5 Å². The highest BCUT2D eigenvalue weighted by Crippen LogP contribution is 2.32. The molecule has 13 heteroatoms. The number of nitrogens with two attached hydrogens (primary N) is 3. The molecule has 1 heterocycles. The Balaban J connectivity index is 2.43. The van der Waals surface area contributed by atoms with Crippen molar-refractivity contribution in [3.63, 3.8) is 0 Å². The average Bonchev–Trinajstić information content (AvgIpc) is 3.23. The normalized spacial score (nSPS) is 18.8. The number of amidine groups is 1. The Labute approximate surface area is 182 Å². The second-order valence-electron chi connectivity index (χ2n) is 6.87. The minimum atomic E-state index is -1.99. The topological polar surface area (TPSA) is 193 Å². The van der Waals surface area contributed by atoms with Crippen LogP contribution in [0.15, 0.2) is 27.0 Å². The van der Waals surface area contributed by atoms with Gasteiger partial charge >= 0.3 is 0 Å². The lowest BCUT2D eigenvalue weighted by molar-refractivity contribution is -0.107. The third-order valence-corrected chi connectivity index (χ3v) is 7.00. The maximum Gasteiger partial charge on any atom is 0.243 e. The van der Waals surface area contributed by atoms with Gasteiger partial charge in [0, 0.05) is 32.6 Å². The monoisotopic (exact) mass is 458 g/mol. The largest absolute Gasteiger partial charge is 0.593 e. The predicted octanol–water partition coefficient (Wildman–Crippen LogP) is -1.47. The number of carbonyl (C=O) groups excluding carboxylic acids is 1. The van der Waals surface area contributed by atoms with E-state index < -0.39 is 22.7 Å². The SMILES string of the molecule is CN(CCCCC=O)c1ccc([S+]([O-])N[C@@H]2CCNC2)c([S+](N)[O-])c1/C(N)=N/NN. The van der Waals surface area contributed by atoms with Gasteiger partial charge in [-0.15, -0.1) is 15.0 Å². The molecule has 2 rings (SSSR count). The Kier molecular flexibility index (Phi) is 10.1. The van der Waals surface area contributed by atoms with Gasteiger partial charge in [-0.3, -0.25) is 0 Å². The van der Waals surface area contributed by atoms with Crippen molar-refractivity contribution in [1.82, 2.24) is 15.6 Å². The van der Waals surface area contributed by atoms with E-state index in [1.54, 1.807) is 12.1 Å². The van der Waals surface area contributed by atoms with Crippen LogP contribution in [0.1, 0.15) is 31.2 Å². The van der Waals surface area contributed by atoms with Gasteiger partial charge in [-0.25, -0.2) is 11.4 Å². The number of hydrogen-bond acceptors (Lipinski definition) is 10. The first-order valence-corrected chi connectivity index (χ1v) is 11.9. The van der Waals surface area contributed by atoms with Crippen LogP contribution in [-0.4, -0.2) is 54.0 Å². The Morgan fingerprint density at radius 3 is 2.80 bits per heavy atom. The lowest BCUT2D eigenvalue weighted by Gasteiger charge is -2.25. The molecule has 1 aliphatic rings. The van der Waals surface area contributed by atoms with Crippen molar-refractivity contribution in [2.45, 2.75) is 41.5 Å². The lowest BCUT2D eigenvalue weighted by atomic mass is 10.1. The fourth-order valence-electron chi connectivity index (χ4n) is 3.26. The van der Waals surface area contributed by atoms with Gasteiger partial charge in [-0.05, 0) is 31.9 Å². The number of nitrogens with one attached hydrogen (secondary N) is 3. The molecule has 0 amide bonds. The maximum absolute atomic E-state index is 13.0. The molecule has 9 N–H and O–H groups in total. The highest BCUT2D eigenvalue weighted by atomic mass is 32.2. The molecule has 168 valence electrons. The van der Waals surface area contributed by atoms with Crippen LogP contribution in [0.25, 0.3) is 0 Å². The molecule has 1 aliphatic heterocycles. The summed E-state index contributed by atoms with van der Waals surface area (Å²) in [6.45, 7) is 2.16.